The summed E-state index contributed by atoms with van der Waals surface area (Å²) in [6.07, 6.45) is 5.29. The first kappa shape index (κ1) is 17.2. The number of aryl methyl sites for hydroxylation is 1. The van der Waals surface area contributed by atoms with Crippen molar-refractivity contribution in [3.8, 4) is 11.3 Å². The van der Waals surface area contributed by atoms with Crippen molar-refractivity contribution in [1.29, 1.82) is 0 Å². The molecule has 0 bridgehead atoms. The van der Waals surface area contributed by atoms with E-state index in [4.69, 9.17) is 9.15 Å². The van der Waals surface area contributed by atoms with Gasteiger partial charge in [-0.15, -0.1) is 0 Å². The van der Waals surface area contributed by atoms with Crippen LogP contribution in [0.2, 0.25) is 0 Å². The monoisotopic (exact) mass is 359 g/mol. The van der Waals surface area contributed by atoms with Gasteiger partial charge in [0, 0.05) is 30.5 Å². The van der Waals surface area contributed by atoms with Crippen LogP contribution < -0.4 is 10.9 Å². The number of esters is 1. The van der Waals surface area contributed by atoms with Crippen molar-refractivity contribution in [3.05, 3.63) is 42.2 Å². The summed E-state index contributed by atoms with van der Waals surface area (Å²) >= 11 is 0. The van der Waals surface area contributed by atoms with Gasteiger partial charge >= 0.3 is 5.97 Å². The molecule has 2 fully saturated rings. The minimum atomic E-state index is -0.297. The first-order chi connectivity index (χ1) is 12.7. The Labute approximate surface area is 151 Å². The molecule has 3 unspecified atom stereocenters. The molecule has 2 aliphatic rings. The van der Waals surface area contributed by atoms with Crippen molar-refractivity contribution in [2.24, 2.45) is 5.92 Å². The van der Waals surface area contributed by atoms with Crippen LogP contribution in [0, 0.1) is 11.7 Å². The second-order valence-corrected chi connectivity index (χ2v) is 6.88. The third-order valence-electron chi connectivity index (χ3n) is 5.13. The lowest BCUT2D eigenvalue weighted by Crippen LogP contribution is -2.41. The first-order valence-electron chi connectivity index (χ1n) is 9.07. The number of aromatic nitrogens is 1. The van der Waals surface area contributed by atoms with Gasteiger partial charge in [-0.2, -0.15) is 0 Å². The Bertz CT molecular complexity index is 762. The van der Waals surface area contributed by atoms with Crippen LogP contribution in [-0.4, -0.2) is 29.6 Å². The molecular weight excluding hydrogens is 337 g/mol. The van der Waals surface area contributed by atoms with Crippen LogP contribution >= 0.6 is 0 Å². The van der Waals surface area contributed by atoms with Gasteiger partial charge in [-0.3, -0.25) is 15.6 Å². The van der Waals surface area contributed by atoms with Crippen LogP contribution in [-0.2, 0) is 16.0 Å². The van der Waals surface area contributed by atoms with Gasteiger partial charge in [-0.1, -0.05) is 0 Å². The zero-order valence-corrected chi connectivity index (χ0v) is 14.4. The van der Waals surface area contributed by atoms with E-state index in [-0.39, 0.29) is 24.3 Å². The second-order valence-electron chi connectivity index (χ2n) is 6.88. The largest absolute Gasteiger partial charge is 0.462 e. The highest BCUT2D eigenvalue weighted by Gasteiger charge is 2.38. The van der Waals surface area contributed by atoms with Gasteiger partial charge in [-0.05, 0) is 43.5 Å². The highest BCUT2D eigenvalue weighted by Crippen LogP contribution is 2.29. The van der Waals surface area contributed by atoms with E-state index in [1.165, 1.54) is 12.1 Å². The third-order valence-corrected chi connectivity index (χ3v) is 5.13. The normalized spacial score (nSPS) is 25.0. The Morgan fingerprint density at radius 2 is 2.15 bits per heavy atom. The molecule has 2 heterocycles. The molecular formula is C19H22FN3O3. The zero-order valence-electron chi connectivity index (χ0n) is 14.4. The second kappa shape index (κ2) is 7.55. The van der Waals surface area contributed by atoms with Crippen molar-refractivity contribution in [2.75, 3.05) is 6.54 Å². The number of halogens is 1. The lowest BCUT2D eigenvalue weighted by Gasteiger charge is -2.32. The number of hydrogen-bond donors (Lipinski definition) is 2. The molecule has 7 heteroatoms. The van der Waals surface area contributed by atoms with Crippen molar-refractivity contribution in [2.45, 2.75) is 44.2 Å². The van der Waals surface area contributed by atoms with Gasteiger partial charge in [-0.25, -0.2) is 9.37 Å². The molecule has 1 aliphatic carbocycles. The van der Waals surface area contributed by atoms with E-state index in [9.17, 15) is 9.18 Å². The zero-order chi connectivity index (χ0) is 17.9. The van der Waals surface area contributed by atoms with Crippen LogP contribution in [0.25, 0.3) is 11.3 Å². The fourth-order valence-electron chi connectivity index (χ4n) is 3.74. The number of nitrogens with zero attached hydrogens (tertiary/aromatic N) is 1. The molecule has 1 saturated heterocycles. The van der Waals surface area contributed by atoms with E-state index in [1.54, 1.807) is 18.3 Å². The van der Waals surface area contributed by atoms with Crippen molar-refractivity contribution < 1.29 is 18.3 Å². The summed E-state index contributed by atoms with van der Waals surface area (Å²) in [5, 5.41) is 0. The molecule has 6 nitrogen and oxygen atoms in total. The molecule has 26 heavy (non-hydrogen) atoms. The Morgan fingerprint density at radius 1 is 1.31 bits per heavy atom. The Hall–Kier alpha value is -2.25. The van der Waals surface area contributed by atoms with Gasteiger partial charge in [0.25, 0.3) is 0 Å². The van der Waals surface area contributed by atoms with Gasteiger partial charge in [0.1, 0.15) is 11.9 Å². The summed E-state index contributed by atoms with van der Waals surface area (Å²) in [7, 11) is 0. The summed E-state index contributed by atoms with van der Waals surface area (Å²) in [6.45, 7) is 0.837. The average molecular weight is 359 g/mol. The Morgan fingerprint density at radius 3 is 3.00 bits per heavy atom. The fourth-order valence-corrected chi connectivity index (χ4v) is 3.74. The molecule has 1 saturated carbocycles. The minimum Gasteiger partial charge on any atom is -0.462 e. The number of oxazole rings is 1. The van der Waals surface area contributed by atoms with Gasteiger partial charge < -0.3 is 9.15 Å². The summed E-state index contributed by atoms with van der Waals surface area (Å²) in [4.78, 5) is 16.4. The SMILES string of the molecule is O=C(CCc1ncc(-c2ccc(F)cc2)o1)OC1CCCC2NNCC21. The lowest BCUT2D eigenvalue weighted by molar-refractivity contribution is -0.153. The number of hydrazine groups is 1. The Balaban J connectivity index is 1.30. The molecule has 0 spiro atoms. The summed E-state index contributed by atoms with van der Waals surface area (Å²) in [5.41, 5.74) is 7.16. The smallest absolute Gasteiger partial charge is 0.306 e. The highest BCUT2D eigenvalue weighted by atomic mass is 19.1. The van der Waals surface area contributed by atoms with Gasteiger partial charge in [0.15, 0.2) is 11.7 Å². The van der Waals surface area contributed by atoms with E-state index in [2.05, 4.69) is 15.8 Å². The number of hydrogen-bond acceptors (Lipinski definition) is 6. The maximum absolute atomic E-state index is 13.0. The van der Waals surface area contributed by atoms with E-state index in [0.29, 0.717) is 30.0 Å². The Kier molecular flexibility index (Phi) is 4.99. The molecule has 2 N–H and O–H groups in total. The van der Waals surface area contributed by atoms with E-state index in [0.717, 1.165) is 31.4 Å². The predicted molar refractivity (Wildman–Crippen MR) is 92.4 cm³/mol. The van der Waals surface area contributed by atoms with Crippen molar-refractivity contribution in [3.63, 3.8) is 0 Å². The standard InChI is InChI=1S/C19H22FN3O3/c20-13-6-4-12(5-7-13)17-11-21-18(25-17)8-9-19(24)26-16-3-1-2-15-14(16)10-22-23-15/h4-7,11,14-16,22-23H,1-3,8-10H2. The average Bonchev–Trinajstić information content (AvgIpc) is 3.30. The van der Waals surface area contributed by atoms with E-state index >= 15 is 0 Å². The number of rotatable bonds is 5. The number of ether oxygens (including phenoxy) is 1. The van der Waals surface area contributed by atoms with Crippen molar-refractivity contribution in [1.82, 2.24) is 15.8 Å². The van der Waals surface area contributed by atoms with Crippen LogP contribution in [0.4, 0.5) is 4.39 Å². The van der Waals surface area contributed by atoms with Crippen molar-refractivity contribution >= 4 is 5.97 Å². The lowest BCUT2D eigenvalue weighted by atomic mass is 9.83. The number of carbonyl (C=O) groups is 1. The number of carbonyl (C=O) groups excluding carboxylic acids is 1. The quantitative estimate of drug-likeness (QED) is 0.799. The number of benzene rings is 1. The maximum atomic E-state index is 13.0. The predicted octanol–water partition coefficient (Wildman–Crippen LogP) is 2.60. The molecule has 1 aromatic carbocycles. The molecule has 0 radical (unpaired) electrons. The fraction of sp³-hybridized carbons (Fsp3) is 0.474. The summed E-state index contributed by atoms with van der Waals surface area (Å²) in [5.74, 6) is 0.871. The van der Waals surface area contributed by atoms with Crippen LogP contribution in [0.3, 0.4) is 0 Å². The summed E-state index contributed by atoms with van der Waals surface area (Å²) in [6, 6.07) is 6.42. The van der Waals surface area contributed by atoms with Crippen LogP contribution in [0.15, 0.2) is 34.9 Å². The number of nitrogens with one attached hydrogen (secondary N) is 2. The molecule has 3 atom stereocenters. The van der Waals surface area contributed by atoms with Crippen LogP contribution in [0.5, 0.6) is 0 Å². The molecule has 2 aromatic rings. The molecule has 1 aliphatic heterocycles. The summed E-state index contributed by atoms with van der Waals surface area (Å²) < 4.78 is 24.3. The topological polar surface area (TPSA) is 76.4 Å². The maximum Gasteiger partial charge on any atom is 0.306 e. The van der Waals surface area contributed by atoms with E-state index < -0.39 is 0 Å². The highest BCUT2D eigenvalue weighted by molar-refractivity contribution is 5.69. The van der Waals surface area contributed by atoms with Gasteiger partial charge in [0.05, 0.1) is 12.6 Å². The number of fused-ring (bicyclic) bond motifs is 1. The molecule has 0 amide bonds. The molecule has 138 valence electrons. The third kappa shape index (κ3) is 3.78. The molecule has 4 rings (SSSR count). The van der Waals surface area contributed by atoms with E-state index in [1.807, 2.05) is 0 Å². The van der Waals surface area contributed by atoms with Gasteiger partial charge in [0.2, 0.25) is 0 Å². The molecule has 1 aromatic heterocycles. The first-order valence-corrected chi connectivity index (χ1v) is 9.07. The van der Waals surface area contributed by atoms with Crippen LogP contribution in [0.1, 0.15) is 31.6 Å². The minimum absolute atomic E-state index is 0.0249.